The molecule has 0 spiro atoms. The summed E-state index contributed by atoms with van der Waals surface area (Å²) in [5.74, 6) is 0.666. The van der Waals surface area contributed by atoms with E-state index in [4.69, 9.17) is 0 Å². The largest absolute Gasteiger partial charge is 0.340 e. The summed E-state index contributed by atoms with van der Waals surface area (Å²) in [5.41, 5.74) is 2.12. The normalized spacial score (nSPS) is 10.1. The Morgan fingerprint density at radius 1 is 1.22 bits per heavy atom. The van der Waals surface area contributed by atoms with Crippen molar-refractivity contribution in [2.24, 2.45) is 0 Å². The van der Waals surface area contributed by atoms with E-state index in [0.29, 0.717) is 22.6 Å². The van der Waals surface area contributed by atoms with Gasteiger partial charge in [0, 0.05) is 17.4 Å². The minimum absolute atomic E-state index is 0.149. The van der Waals surface area contributed by atoms with E-state index in [1.54, 1.807) is 26.1 Å². The van der Waals surface area contributed by atoms with E-state index in [-0.39, 0.29) is 10.6 Å². The average Bonchev–Trinajstić information content (AvgIpc) is 2.34. The van der Waals surface area contributed by atoms with Crippen LogP contribution in [0.15, 0.2) is 36.5 Å². The van der Waals surface area contributed by atoms with Crippen LogP contribution in [0.3, 0.4) is 0 Å². The van der Waals surface area contributed by atoms with Gasteiger partial charge in [-0.2, -0.15) is 0 Å². The van der Waals surface area contributed by atoms with E-state index >= 15 is 0 Å². The molecule has 0 saturated carbocycles. The summed E-state index contributed by atoms with van der Waals surface area (Å²) in [7, 11) is 0. The quantitative estimate of drug-likeness (QED) is 0.663. The van der Waals surface area contributed by atoms with Crippen LogP contribution in [0.1, 0.15) is 11.1 Å². The molecule has 5 nitrogen and oxygen atoms in total. The lowest BCUT2D eigenvalue weighted by Gasteiger charge is -2.10. The molecule has 2 aromatic rings. The molecule has 1 aromatic heterocycles. The Kier molecular flexibility index (Phi) is 3.23. The molecule has 0 aliphatic heterocycles. The van der Waals surface area contributed by atoms with Crippen molar-refractivity contribution in [2.45, 2.75) is 13.8 Å². The van der Waals surface area contributed by atoms with Crippen molar-refractivity contribution in [1.82, 2.24) is 4.98 Å². The number of nitrogens with zero attached hydrogens (tertiary/aromatic N) is 2. The zero-order valence-corrected chi connectivity index (χ0v) is 10.2. The number of aryl methyl sites for hydroxylation is 1. The Morgan fingerprint density at radius 2 is 2.00 bits per heavy atom. The number of benzene rings is 1. The van der Waals surface area contributed by atoms with Gasteiger partial charge >= 0.3 is 0 Å². The van der Waals surface area contributed by atoms with Crippen LogP contribution in [-0.4, -0.2) is 9.91 Å². The molecule has 1 N–H and O–H groups in total. The van der Waals surface area contributed by atoms with Crippen LogP contribution in [0, 0.1) is 24.0 Å². The number of pyridine rings is 1. The number of nitrogens with one attached hydrogen (secondary N) is 1. The molecule has 92 valence electrons. The van der Waals surface area contributed by atoms with Crippen molar-refractivity contribution in [3.63, 3.8) is 0 Å². The maximum atomic E-state index is 11.0. The van der Waals surface area contributed by atoms with Crippen LogP contribution >= 0.6 is 0 Å². The molecule has 0 unspecified atom stereocenters. The molecule has 0 aliphatic rings. The number of anilines is 2. The smallest absolute Gasteiger partial charge is 0.277 e. The van der Waals surface area contributed by atoms with Gasteiger partial charge in [-0.15, -0.1) is 0 Å². The zero-order chi connectivity index (χ0) is 13.1. The van der Waals surface area contributed by atoms with Gasteiger partial charge in [-0.25, -0.2) is 4.98 Å². The van der Waals surface area contributed by atoms with Gasteiger partial charge in [-0.3, -0.25) is 10.1 Å². The minimum Gasteiger partial charge on any atom is -0.340 e. The summed E-state index contributed by atoms with van der Waals surface area (Å²) in [6.45, 7) is 3.46. The average molecular weight is 243 g/mol. The van der Waals surface area contributed by atoms with Gasteiger partial charge in [-0.05, 0) is 32.0 Å². The second-order valence-corrected chi connectivity index (χ2v) is 4.00. The molecule has 0 radical (unpaired) electrons. The predicted molar refractivity (Wildman–Crippen MR) is 70.1 cm³/mol. The van der Waals surface area contributed by atoms with Gasteiger partial charge in [0.1, 0.15) is 5.82 Å². The number of nitro groups is 1. The van der Waals surface area contributed by atoms with Crippen molar-refractivity contribution in [1.29, 1.82) is 0 Å². The predicted octanol–water partition coefficient (Wildman–Crippen LogP) is 3.35. The second kappa shape index (κ2) is 4.83. The fourth-order valence-corrected chi connectivity index (χ4v) is 1.83. The molecule has 1 heterocycles. The maximum absolute atomic E-state index is 11.0. The summed E-state index contributed by atoms with van der Waals surface area (Å²) in [4.78, 5) is 14.8. The lowest BCUT2D eigenvalue weighted by molar-refractivity contribution is -0.386. The SMILES string of the molecule is Cc1ccc(Nc2ccccn2)c(C)c1[N+](=O)[O-]. The van der Waals surface area contributed by atoms with Crippen LogP contribution in [0.5, 0.6) is 0 Å². The van der Waals surface area contributed by atoms with E-state index in [1.807, 2.05) is 24.3 Å². The summed E-state index contributed by atoms with van der Waals surface area (Å²) < 4.78 is 0. The van der Waals surface area contributed by atoms with E-state index < -0.39 is 0 Å². The Bertz CT molecular complexity index is 582. The first-order valence-electron chi connectivity index (χ1n) is 5.52. The van der Waals surface area contributed by atoms with Crippen LogP contribution in [-0.2, 0) is 0 Å². The van der Waals surface area contributed by atoms with Crippen LogP contribution in [0.4, 0.5) is 17.2 Å². The molecule has 0 aliphatic carbocycles. The molecule has 0 saturated heterocycles. The van der Waals surface area contributed by atoms with Crippen molar-refractivity contribution < 1.29 is 4.92 Å². The van der Waals surface area contributed by atoms with Crippen molar-refractivity contribution in [3.05, 3.63) is 57.8 Å². The standard InChI is InChI=1S/C13H13N3O2/c1-9-6-7-11(10(2)13(9)16(17)18)15-12-5-3-4-8-14-12/h3-8H,1-2H3,(H,14,15). The van der Waals surface area contributed by atoms with Gasteiger partial charge < -0.3 is 5.32 Å². The minimum atomic E-state index is -0.353. The molecule has 1 aromatic carbocycles. The molecule has 2 rings (SSSR count). The number of hydrogen-bond donors (Lipinski definition) is 1. The molecule has 0 bridgehead atoms. The highest BCUT2D eigenvalue weighted by molar-refractivity contribution is 5.67. The second-order valence-electron chi connectivity index (χ2n) is 4.00. The highest BCUT2D eigenvalue weighted by Crippen LogP contribution is 2.30. The van der Waals surface area contributed by atoms with Gasteiger partial charge in [0.2, 0.25) is 0 Å². The molecular weight excluding hydrogens is 230 g/mol. The van der Waals surface area contributed by atoms with Crippen LogP contribution in [0.25, 0.3) is 0 Å². The lowest BCUT2D eigenvalue weighted by Crippen LogP contribution is -2.00. The highest BCUT2D eigenvalue weighted by Gasteiger charge is 2.17. The number of hydrogen-bond acceptors (Lipinski definition) is 4. The van der Waals surface area contributed by atoms with Crippen LogP contribution < -0.4 is 5.32 Å². The fraction of sp³-hybridized carbons (Fsp3) is 0.154. The van der Waals surface area contributed by atoms with Crippen molar-refractivity contribution >= 4 is 17.2 Å². The highest BCUT2D eigenvalue weighted by atomic mass is 16.6. The first-order valence-corrected chi connectivity index (χ1v) is 5.52. The molecule has 0 atom stereocenters. The number of rotatable bonds is 3. The van der Waals surface area contributed by atoms with Gasteiger partial charge in [0.25, 0.3) is 5.69 Å². The third-order valence-electron chi connectivity index (χ3n) is 2.74. The molecule has 18 heavy (non-hydrogen) atoms. The van der Waals surface area contributed by atoms with E-state index in [2.05, 4.69) is 10.3 Å². The van der Waals surface area contributed by atoms with E-state index in [9.17, 15) is 10.1 Å². The maximum Gasteiger partial charge on any atom is 0.277 e. The topological polar surface area (TPSA) is 68.1 Å². The lowest BCUT2D eigenvalue weighted by atomic mass is 10.1. The first kappa shape index (κ1) is 12.0. The third kappa shape index (κ3) is 2.29. The van der Waals surface area contributed by atoms with Gasteiger partial charge in [0.05, 0.1) is 10.5 Å². The molecule has 0 fully saturated rings. The Morgan fingerprint density at radius 3 is 2.61 bits per heavy atom. The Balaban J connectivity index is 2.41. The van der Waals surface area contributed by atoms with E-state index in [1.165, 1.54) is 0 Å². The number of aromatic nitrogens is 1. The Hall–Kier alpha value is -2.43. The van der Waals surface area contributed by atoms with Crippen LogP contribution in [0.2, 0.25) is 0 Å². The summed E-state index contributed by atoms with van der Waals surface area (Å²) >= 11 is 0. The zero-order valence-electron chi connectivity index (χ0n) is 10.2. The van der Waals surface area contributed by atoms with Crippen molar-refractivity contribution in [2.75, 3.05) is 5.32 Å². The van der Waals surface area contributed by atoms with Gasteiger partial charge in [0.15, 0.2) is 0 Å². The summed E-state index contributed by atoms with van der Waals surface area (Å²) in [6, 6.07) is 9.04. The third-order valence-corrected chi connectivity index (χ3v) is 2.74. The fourth-order valence-electron chi connectivity index (χ4n) is 1.83. The summed E-state index contributed by atoms with van der Waals surface area (Å²) in [6.07, 6.45) is 1.67. The Labute approximate surface area is 105 Å². The monoisotopic (exact) mass is 243 g/mol. The number of nitro benzene ring substituents is 1. The molecule has 5 heteroatoms. The summed E-state index contributed by atoms with van der Waals surface area (Å²) in [5, 5.41) is 14.1. The molecule has 0 amide bonds. The molecular formula is C13H13N3O2. The van der Waals surface area contributed by atoms with Gasteiger partial charge in [-0.1, -0.05) is 12.1 Å². The van der Waals surface area contributed by atoms with E-state index in [0.717, 1.165) is 0 Å². The first-order chi connectivity index (χ1) is 8.59. The van der Waals surface area contributed by atoms with Crippen molar-refractivity contribution in [3.8, 4) is 0 Å².